The molecule has 0 bridgehead atoms. The van der Waals surface area contributed by atoms with Gasteiger partial charge in [-0.3, -0.25) is 9.69 Å². The topological polar surface area (TPSA) is 42.0 Å². The van der Waals surface area contributed by atoms with E-state index in [1.165, 1.54) is 16.7 Å². The van der Waals surface area contributed by atoms with E-state index in [4.69, 9.17) is 9.47 Å². The van der Waals surface area contributed by atoms with Gasteiger partial charge in [0, 0.05) is 39.7 Å². The molecule has 0 saturated carbocycles. The Labute approximate surface area is 179 Å². The van der Waals surface area contributed by atoms with Crippen molar-refractivity contribution >= 4 is 5.91 Å². The highest BCUT2D eigenvalue weighted by Crippen LogP contribution is 2.47. The summed E-state index contributed by atoms with van der Waals surface area (Å²) in [4.78, 5) is 17.7. The van der Waals surface area contributed by atoms with Crippen molar-refractivity contribution < 1.29 is 14.3 Å². The molecule has 0 aromatic heterocycles. The molecule has 30 heavy (non-hydrogen) atoms. The second-order valence-corrected chi connectivity index (χ2v) is 8.35. The van der Waals surface area contributed by atoms with E-state index in [9.17, 15) is 4.79 Å². The average Bonchev–Trinajstić information content (AvgIpc) is 3.35. The molecular weight excluding hydrogens is 376 g/mol. The van der Waals surface area contributed by atoms with Crippen molar-refractivity contribution in [2.75, 3.05) is 33.4 Å². The van der Waals surface area contributed by atoms with Crippen LogP contribution in [0.15, 0.2) is 54.6 Å². The third kappa shape index (κ3) is 4.02. The van der Waals surface area contributed by atoms with Gasteiger partial charge in [0.05, 0.1) is 18.8 Å². The van der Waals surface area contributed by atoms with Gasteiger partial charge in [-0.15, -0.1) is 0 Å². The van der Waals surface area contributed by atoms with Crippen LogP contribution in [0.25, 0.3) is 0 Å². The van der Waals surface area contributed by atoms with Crippen molar-refractivity contribution in [3.05, 3.63) is 71.3 Å². The first kappa shape index (κ1) is 21.0. The maximum atomic E-state index is 13.3. The van der Waals surface area contributed by atoms with E-state index in [-0.39, 0.29) is 11.4 Å². The van der Waals surface area contributed by atoms with E-state index in [2.05, 4.69) is 60.4 Å². The van der Waals surface area contributed by atoms with E-state index in [0.717, 1.165) is 26.1 Å². The minimum absolute atomic E-state index is 0.0924. The van der Waals surface area contributed by atoms with Crippen LogP contribution in [0.1, 0.15) is 36.5 Å². The van der Waals surface area contributed by atoms with Gasteiger partial charge in [0.15, 0.2) is 0 Å². The first-order chi connectivity index (χ1) is 14.7. The summed E-state index contributed by atoms with van der Waals surface area (Å²) in [7, 11) is 1.67. The van der Waals surface area contributed by atoms with Crippen LogP contribution in [-0.4, -0.2) is 55.2 Å². The number of carbonyl (C=O) groups excluding carboxylic acids is 1. The van der Waals surface area contributed by atoms with Gasteiger partial charge in [-0.2, -0.15) is 0 Å². The minimum Gasteiger partial charge on any atom is -0.383 e. The Balaban J connectivity index is 1.58. The van der Waals surface area contributed by atoms with E-state index >= 15 is 0 Å². The highest BCUT2D eigenvalue weighted by atomic mass is 16.5. The molecule has 0 radical (unpaired) electrons. The quantitative estimate of drug-likeness (QED) is 0.670. The fraction of sp³-hybridized carbons (Fsp3) is 0.480. The van der Waals surface area contributed by atoms with Crippen molar-refractivity contribution in [3.8, 4) is 0 Å². The summed E-state index contributed by atoms with van der Waals surface area (Å²) in [5.74, 6) is 0.0924. The van der Waals surface area contributed by atoms with Crippen molar-refractivity contribution in [1.29, 1.82) is 0 Å². The monoisotopic (exact) mass is 408 g/mol. The Morgan fingerprint density at radius 2 is 1.93 bits per heavy atom. The molecule has 2 aromatic rings. The number of amides is 1. The molecular formula is C25H32N2O3. The second-order valence-electron chi connectivity index (χ2n) is 8.35. The van der Waals surface area contributed by atoms with Gasteiger partial charge >= 0.3 is 0 Å². The molecule has 1 fully saturated rings. The molecule has 2 aromatic carbocycles. The molecule has 0 N–H and O–H groups in total. The van der Waals surface area contributed by atoms with Crippen LogP contribution in [0.5, 0.6) is 0 Å². The summed E-state index contributed by atoms with van der Waals surface area (Å²) in [6, 6.07) is 19.2. The second kappa shape index (κ2) is 9.29. The molecule has 0 aliphatic carbocycles. The van der Waals surface area contributed by atoms with Gasteiger partial charge in [0.25, 0.3) is 5.91 Å². The van der Waals surface area contributed by atoms with Crippen molar-refractivity contribution in [3.63, 3.8) is 0 Å². The lowest BCUT2D eigenvalue weighted by atomic mass is 9.86. The highest BCUT2D eigenvalue weighted by molar-refractivity contribution is 5.81. The van der Waals surface area contributed by atoms with Crippen LogP contribution >= 0.6 is 0 Å². The Morgan fingerprint density at radius 3 is 2.70 bits per heavy atom. The summed E-state index contributed by atoms with van der Waals surface area (Å²) in [5, 5.41) is 0. The predicted molar refractivity (Wildman–Crippen MR) is 117 cm³/mol. The molecule has 1 saturated heterocycles. The molecule has 4 rings (SSSR count). The molecule has 2 unspecified atom stereocenters. The summed E-state index contributed by atoms with van der Waals surface area (Å²) < 4.78 is 11.4. The maximum absolute atomic E-state index is 13.3. The first-order valence-electron chi connectivity index (χ1n) is 10.9. The normalized spacial score (nSPS) is 23.1. The summed E-state index contributed by atoms with van der Waals surface area (Å²) in [6.45, 7) is 6.28. The van der Waals surface area contributed by atoms with E-state index in [1.807, 2.05) is 11.0 Å². The summed E-state index contributed by atoms with van der Waals surface area (Å²) in [5.41, 5.74) is 3.70. The first-order valence-corrected chi connectivity index (χ1v) is 10.9. The zero-order chi connectivity index (χ0) is 21.0. The molecule has 2 aliphatic rings. The lowest BCUT2D eigenvalue weighted by Gasteiger charge is -2.35. The maximum Gasteiger partial charge on any atom is 0.251 e. The van der Waals surface area contributed by atoms with E-state index in [1.54, 1.807) is 7.11 Å². The van der Waals surface area contributed by atoms with Crippen LogP contribution in [0.2, 0.25) is 0 Å². The van der Waals surface area contributed by atoms with Crippen molar-refractivity contribution in [1.82, 2.24) is 9.80 Å². The number of nitrogens with zero attached hydrogens (tertiary/aromatic N) is 2. The fourth-order valence-electron chi connectivity index (χ4n) is 4.89. The Kier molecular flexibility index (Phi) is 6.52. The zero-order valence-corrected chi connectivity index (χ0v) is 18.0. The highest BCUT2D eigenvalue weighted by Gasteiger charge is 2.52. The zero-order valence-electron chi connectivity index (χ0n) is 18.0. The molecule has 1 spiro atoms. The lowest BCUT2D eigenvalue weighted by molar-refractivity contribution is -0.141. The molecule has 2 heterocycles. The average molecular weight is 409 g/mol. The fourth-order valence-corrected chi connectivity index (χ4v) is 4.89. The van der Waals surface area contributed by atoms with Gasteiger partial charge < -0.3 is 14.4 Å². The SMILES string of the molecule is CCCN(CCOC)C(=O)C1CC2(CO1)c1ccccc1CN2Cc1ccccc1. The van der Waals surface area contributed by atoms with Gasteiger partial charge in [0.2, 0.25) is 0 Å². The Bertz CT molecular complexity index is 856. The van der Waals surface area contributed by atoms with Crippen LogP contribution in [0.4, 0.5) is 0 Å². The van der Waals surface area contributed by atoms with Gasteiger partial charge in [-0.05, 0) is 23.1 Å². The number of ether oxygens (including phenoxy) is 2. The number of rotatable bonds is 8. The van der Waals surface area contributed by atoms with E-state index in [0.29, 0.717) is 26.2 Å². The third-order valence-electron chi connectivity index (χ3n) is 6.39. The molecule has 5 heteroatoms. The summed E-state index contributed by atoms with van der Waals surface area (Å²) >= 11 is 0. The summed E-state index contributed by atoms with van der Waals surface area (Å²) in [6.07, 6.45) is 1.22. The molecule has 160 valence electrons. The van der Waals surface area contributed by atoms with Gasteiger partial charge in [0.1, 0.15) is 6.10 Å². The number of hydrogen-bond acceptors (Lipinski definition) is 4. The predicted octanol–water partition coefficient (Wildman–Crippen LogP) is 3.57. The van der Waals surface area contributed by atoms with Gasteiger partial charge in [-0.1, -0.05) is 61.5 Å². The number of methoxy groups -OCH3 is 1. The van der Waals surface area contributed by atoms with Crippen LogP contribution in [0, 0.1) is 0 Å². The van der Waals surface area contributed by atoms with Crippen molar-refractivity contribution in [2.45, 2.75) is 44.5 Å². The number of hydrogen-bond donors (Lipinski definition) is 0. The van der Waals surface area contributed by atoms with Crippen LogP contribution in [-0.2, 0) is 32.9 Å². The number of benzene rings is 2. The standard InChI is InChI=1S/C25H32N2O3/c1-3-13-26(14-15-29-2)24(28)23-16-25(19-30-23)22-12-8-7-11-21(22)18-27(25)17-20-9-5-4-6-10-20/h4-12,23H,3,13-19H2,1-2H3. The molecule has 5 nitrogen and oxygen atoms in total. The largest absolute Gasteiger partial charge is 0.383 e. The molecule has 1 amide bonds. The Morgan fingerprint density at radius 1 is 1.17 bits per heavy atom. The Hall–Kier alpha value is -2.21. The minimum atomic E-state index is -0.405. The van der Waals surface area contributed by atoms with Gasteiger partial charge in [-0.25, -0.2) is 0 Å². The van der Waals surface area contributed by atoms with Crippen LogP contribution < -0.4 is 0 Å². The molecule has 2 atom stereocenters. The number of carbonyl (C=O) groups is 1. The van der Waals surface area contributed by atoms with E-state index < -0.39 is 6.10 Å². The van der Waals surface area contributed by atoms with Crippen LogP contribution in [0.3, 0.4) is 0 Å². The lowest BCUT2D eigenvalue weighted by Crippen LogP contribution is -2.44. The third-order valence-corrected chi connectivity index (χ3v) is 6.39. The number of fused-ring (bicyclic) bond motifs is 2. The molecule has 2 aliphatic heterocycles. The smallest absolute Gasteiger partial charge is 0.251 e. The van der Waals surface area contributed by atoms with Crippen molar-refractivity contribution in [2.24, 2.45) is 0 Å².